The Labute approximate surface area is 136 Å². The Kier molecular flexibility index (Phi) is 4.27. The average molecular weight is 333 g/mol. The molecule has 1 N–H and O–H groups in total. The van der Waals surface area contributed by atoms with E-state index in [1.807, 2.05) is 24.3 Å². The van der Waals surface area contributed by atoms with Crippen molar-refractivity contribution in [2.24, 2.45) is 0 Å². The number of carbonyl (C=O) groups excluding carboxylic acids is 1. The number of nitrogens with one attached hydrogen (secondary N) is 1. The summed E-state index contributed by atoms with van der Waals surface area (Å²) in [5.74, 6) is 0.501. The number of rotatable bonds is 5. The van der Waals surface area contributed by atoms with Crippen LogP contribution in [-0.4, -0.2) is 24.4 Å². The van der Waals surface area contributed by atoms with E-state index in [0.29, 0.717) is 16.3 Å². The van der Waals surface area contributed by atoms with E-state index in [0.717, 1.165) is 15.3 Å². The molecular weight excluding hydrogens is 320 g/mol. The molecule has 0 amide bonds. The highest BCUT2D eigenvalue weighted by molar-refractivity contribution is 7.22. The van der Waals surface area contributed by atoms with E-state index in [4.69, 9.17) is 16.3 Å². The second-order valence-corrected chi connectivity index (χ2v) is 6.05. The van der Waals surface area contributed by atoms with Crippen LogP contribution in [0.4, 0.5) is 5.13 Å². The van der Waals surface area contributed by atoms with E-state index < -0.39 is 0 Å². The highest BCUT2D eigenvalue weighted by Gasteiger charge is 2.10. The third-order valence-corrected chi connectivity index (χ3v) is 4.46. The number of para-hydroxylation sites is 1. The minimum absolute atomic E-state index is 0.0520. The molecule has 3 aromatic rings. The lowest BCUT2D eigenvalue weighted by molar-refractivity contribution is 0.101. The lowest BCUT2D eigenvalue weighted by atomic mass is 10.1. The predicted molar refractivity (Wildman–Crippen MR) is 90.4 cm³/mol. The lowest BCUT2D eigenvalue weighted by Crippen LogP contribution is -2.13. The lowest BCUT2D eigenvalue weighted by Gasteiger charge is -2.06. The molecule has 0 aliphatic rings. The van der Waals surface area contributed by atoms with Crippen LogP contribution in [0.15, 0.2) is 42.5 Å². The first-order valence-corrected chi connectivity index (χ1v) is 7.83. The maximum Gasteiger partial charge on any atom is 0.184 e. The van der Waals surface area contributed by atoms with Crippen LogP contribution >= 0.6 is 22.9 Å². The van der Waals surface area contributed by atoms with Crippen molar-refractivity contribution < 1.29 is 9.53 Å². The van der Waals surface area contributed by atoms with Crippen molar-refractivity contribution in [2.45, 2.75) is 0 Å². The van der Waals surface area contributed by atoms with Gasteiger partial charge in [-0.2, -0.15) is 0 Å². The molecule has 1 heterocycles. The van der Waals surface area contributed by atoms with Gasteiger partial charge in [-0.25, -0.2) is 4.98 Å². The molecule has 3 rings (SSSR count). The average Bonchev–Trinajstić information content (AvgIpc) is 2.95. The van der Waals surface area contributed by atoms with Crippen LogP contribution in [0.25, 0.3) is 10.2 Å². The summed E-state index contributed by atoms with van der Waals surface area (Å²) in [6, 6.07) is 12.9. The zero-order valence-electron chi connectivity index (χ0n) is 11.8. The largest absolute Gasteiger partial charge is 0.495 e. The zero-order valence-corrected chi connectivity index (χ0v) is 13.4. The van der Waals surface area contributed by atoms with Gasteiger partial charge in [-0.3, -0.25) is 4.79 Å². The van der Waals surface area contributed by atoms with Gasteiger partial charge in [-0.05, 0) is 30.3 Å². The summed E-state index contributed by atoms with van der Waals surface area (Å²) in [5.41, 5.74) is 1.47. The van der Waals surface area contributed by atoms with Crippen LogP contribution in [0.3, 0.4) is 0 Å². The molecule has 0 aliphatic heterocycles. The fourth-order valence-electron chi connectivity index (χ4n) is 2.05. The van der Waals surface area contributed by atoms with Gasteiger partial charge in [0.2, 0.25) is 0 Å². The minimum Gasteiger partial charge on any atom is -0.495 e. The first kappa shape index (κ1) is 14.8. The van der Waals surface area contributed by atoms with Crippen molar-refractivity contribution in [1.29, 1.82) is 0 Å². The fraction of sp³-hybridized carbons (Fsp3) is 0.125. The Morgan fingerprint density at radius 2 is 2.14 bits per heavy atom. The van der Waals surface area contributed by atoms with E-state index in [1.54, 1.807) is 18.2 Å². The van der Waals surface area contributed by atoms with Crippen molar-refractivity contribution in [3.05, 3.63) is 53.1 Å². The van der Waals surface area contributed by atoms with Crippen LogP contribution in [-0.2, 0) is 0 Å². The highest BCUT2D eigenvalue weighted by atomic mass is 35.5. The van der Waals surface area contributed by atoms with Gasteiger partial charge < -0.3 is 10.1 Å². The molecule has 0 saturated heterocycles. The van der Waals surface area contributed by atoms with E-state index in [1.165, 1.54) is 18.4 Å². The number of nitrogens with zero attached hydrogens (tertiary/aromatic N) is 1. The van der Waals surface area contributed by atoms with Crippen molar-refractivity contribution >= 4 is 44.1 Å². The molecule has 0 bridgehead atoms. The van der Waals surface area contributed by atoms with Gasteiger partial charge in [0.1, 0.15) is 5.75 Å². The summed E-state index contributed by atoms with van der Waals surface area (Å²) < 4.78 is 6.16. The van der Waals surface area contributed by atoms with Crippen LogP contribution in [0.1, 0.15) is 10.4 Å². The molecular formula is C16H13ClN2O2S. The predicted octanol–water partition coefficient (Wildman–Crippen LogP) is 4.25. The molecule has 22 heavy (non-hydrogen) atoms. The second kappa shape index (κ2) is 6.34. The van der Waals surface area contributed by atoms with Crippen LogP contribution in [0, 0.1) is 0 Å². The fourth-order valence-corrected chi connectivity index (χ4v) is 3.16. The van der Waals surface area contributed by atoms with Gasteiger partial charge >= 0.3 is 0 Å². The standard InChI is InChI=1S/C16H13ClN2O2S/c1-21-14-7-6-10(8-11(14)17)13(20)9-18-16-19-12-4-2-3-5-15(12)22-16/h2-8H,9H2,1H3,(H,18,19). The number of ketones is 1. The zero-order chi connectivity index (χ0) is 15.5. The molecule has 6 heteroatoms. The number of hydrogen-bond donors (Lipinski definition) is 1. The Balaban J connectivity index is 1.70. The molecule has 0 fully saturated rings. The van der Waals surface area contributed by atoms with Crippen LogP contribution in [0.2, 0.25) is 5.02 Å². The Bertz CT molecular complexity index is 799. The molecule has 2 aromatic carbocycles. The molecule has 1 aromatic heterocycles. The van der Waals surface area contributed by atoms with Gasteiger partial charge in [0.25, 0.3) is 0 Å². The van der Waals surface area contributed by atoms with Gasteiger partial charge in [0.15, 0.2) is 10.9 Å². The number of methoxy groups -OCH3 is 1. The number of thiazole rings is 1. The molecule has 0 aliphatic carbocycles. The smallest absolute Gasteiger partial charge is 0.184 e. The molecule has 0 unspecified atom stereocenters. The molecule has 4 nitrogen and oxygen atoms in total. The van der Waals surface area contributed by atoms with Gasteiger partial charge in [-0.1, -0.05) is 35.1 Å². The third-order valence-electron chi connectivity index (χ3n) is 3.17. The van der Waals surface area contributed by atoms with Crippen molar-refractivity contribution in [3.63, 3.8) is 0 Å². The van der Waals surface area contributed by atoms with Gasteiger partial charge in [0.05, 0.1) is 28.9 Å². The quantitative estimate of drug-likeness (QED) is 0.709. The Morgan fingerprint density at radius 3 is 2.86 bits per heavy atom. The first-order valence-electron chi connectivity index (χ1n) is 6.63. The van der Waals surface area contributed by atoms with Crippen molar-refractivity contribution in [1.82, 2.24) is 4.98 Å². The Morgan fingerprint density at radius 1 is 1.32 bits per heavy atom. The number of Topliss-reactive ketones (excluding diaryl/α,β-unsaturated/α-hetero) is 1. The number of halogens is 1. The maximum absolute atomic E-state index is 12.2. The number of aromatic nitrogens is 1. The summed E-state index contributed by atoms with van der Waals surface area (Å²) in [5, 5.41) is 4.22. The number of anilines is 1. The summed E-state index contributed by atoms with van der Waals surface area (Å²) in [6.07, 6.45) is 0. The monoisotopic (exact) mass is 332 g/mol. The normalized spacial score (nSPS) is 10.6. The molecule has 0 radical (unpaired) electrons. The van der Waals surface area contributed by atoms with E-state index in [9.17, 15) is 4.79 Å². The number of ether oxygens (including phenoxy) is 1. The van der Waals surface area contributed by atoms with E-state index in [-0.39, 0.29) is 12.3 Å². The summed E-state index contributed by atoms with van der Waals surface area (Å²) >= 11 is 7.56. The summed E-state index contributed by atoms with van der Waals surface area (Å²) in [4.78, 5) is 16.6. The summed E-state index contributed by atoms with van der Waals surface area (Å²) in [7, 11) is 1.54. The molecule has 0 atom stereocenters. The molecule has 0 saturated carbocycles. The van der Waals surface area contributed by atoms with Gasteiger partial charge in [-0.15, -0.1) is 0 Å². The third kappa shape index (κ3) is 3.05. The number of benzene rings is 2. The van der Waals surface area contributed by atoms with Gasteiger partial charge in [0, 0.05) is 5.56 Å². The minimum atomic E-state index is -0.0520. The van der Waals surface area contributed by atoms with E-state index in [2.05, 4.69) is 10.3 Å². The number of fused-ring (bicyclic) bond motifs is 1. The maximum atomic E-state index is 12.2. The van der Waals surface area contributed by atoms with Crippen molar-refractivity contribution in [3.8, 4) is 5.75 Å². The Hall–Kier alpha value is -2.11. The molecule has 0 spiro atoms. The van der Waals surface area contributed by atoms with E-state index >= 15 is 0 Å². The first-order chi connectivity index (χ1) is 10.7. The highest BCUT2D eigenvalue weighted by Crippen LogP contribution is 2.26. The van der Waals surface area contributed by atoms with Crippen LogP contribution in [0.5, 0.6) is 5.75 Å². The molecule has 112 valence electrons. The summed E-state index contributed by atoms with van der Waals surface area (Å²) in [6.45, 7) is 0.169. The SMILES string of the molecule is COc1ccc(C(=O)CNc2nc3ccccc3s2)cc1Cl. The van der Waals surface area contributed by atoms with Crippen LogP contribution < -0.4 is 10.1 Å². The van der Waals surface area contributed by atoms with Crippen molar-refractivity contribution in [2.75, 3.05) is 19.0 Å². The number of carbonyl (C=O) groups is 1. The number of hydrogen-bond acceptors (Lipinski definition) is 5. The topological polar surface area (TPSA) is 51.2 Å². The second-order valence-electron chi connectivity index (χ2n) is 4.61.